The molecule has 5 nitrogen and oxygen atoms in total. The number of amides is 2. The second-order valence-corrected chi connectivity index (χ2v) is 6.00. The summed E-state index contributed by atoms with van der Waals surface area (Å²) in [4.78, 5) is 23.6. The van der Waals surface area contributed by atoms with Gasteiger partial charge in [0.05, 0.1) is 28.4 Å². The number of nitrogens with one attached hydrogen (secondary N) is 2. The molecule has 0 aliphatic rings. The Bertz CT molecular complexity index is 886. The first-order chi connectivity index (χ1) is 12.7. The van der Waals surface area contributed by atoms with Gasteiger partial charge in [0, 0.05) is 11.1 Å². The van der Waals surface area contributed by atoms with Gasteiger partial charge in [-0.2, -0.15) is 18.3 Å². The van der Waals surface area contributed by atoms with E-state index < -0.39 is 30.1 Å². The van der Waals surface area contributed by atoms with Crippen LogP contribution in [0.4, 0.5) is 13.2 Å². The van der Waals surface area contributed by atoms with Crippen LogP contribution in [0.15, 0.2) is 47.6 Å². The molecule has 0 heterocycles. The molecule has 142 valence electrons. The first-order valence-corrected chi connectivity index (χ1v) is 8.15. The fraction of sp³-hybridized carbons (Fsp3) is 0.118. The van der Waals surface area contributed by atoms with Gasteiger partial charge in [0.1, 0.15) is 0 Å². The van der Waals surface area contributed by atoms with Crippen LogP contribution in [-0.2, 0) is 11.0 Å². The van der Waals surface area contributed by atoms with Crippen molar-refractivity contribution in [2.45, 2.75) is 6.18 Å². The summed E-state index contributed by atoms with van der Waals surface area (Å²) in [7, 11) is 0. The summed E-state index contributed by atoms with van der Waals surface area (Å²) in [5.74, 6) is -1.29. The van der Waals surface area contributed by atoms with Crippen LogP contribution in [0, 0.1) is 0 Å². The highest BCUT2D eigenvalue weighted by molar-refractivity contribution is 6.42. The molecule has 0 saturated heterocycles. The van der Waals surface area contributed by atoms with Crippen molar-refractivity contribution in [1.29, 1.82) is 0 Å². The average Bonchev–Trinajstić information content (AvgIpc) is 2.61. The summed E-state index contributed by atoms with van der Waals surface area (Å²) in [6, 6.07) is 8.97. The number of alkyl halides is 3. The predicted molar refractivity (Wildman–Crippen MR) is 96.0 cm³/mol. The molecule has 0 aliphatic carbocycles. The van der Waals surface area contributed by atoms with Crippen molar-refractivity contribution >= 4 is 41.2 Å². The van der Waals surface area contributed by atoms with Gasteiger partial charge in [-0.05, 0) is 24.3 Å². The fourth-order valence-electron chi connectivity index (χ4n) is 1.98. The van der Waals surface area contributed by atoms with Crippen molar-refractivity contribution in [3.05, 3.63) is 69.2 Å². The molecule has 0 aromatic heterocycles. The minimum atomic E-state index is -4.54. The van der Waals surface area contributed by atoms with E-state index in [1.54, 1.807) is 0 Å². The van der Waals surface area contributed by atoms with Crippen molar-refractivity contribution in [2.75, 3.05) is 6.54 Å². The molecule has 0 spiro atoms. The maximum Gasteiger partial charge on any atom is 0.417 e. The lowest BCUT2D eigenvalue weighted by Crippen LogP contribution is -2.34. The summed E-state index contributed by atoms with van der Waals surface area (Å²) in [6.45, 7) is -0.433. The highest BCUT2D eigenvalue weighted by Crippen LogP contribution is 2.31. The smallest absolute Gasteiger partial charge is 0.343 e. The van der Waals surface area contributed by atoms with Crippen LogP contribution in [0.5, 0.6) is 0 Å². The van der Waals surface area contributed by atoms with Crippen molar-refractivity contribution in [3.63, 3.8) is 0 Å². The van der Waals surface area contributed by atoms with Crippen LogP contribution in [0.2, 0.25) is 10.0 Å². The van der Waals surface area contributed by atoms with Gasteiger partial charge in [0.25, 0.3) is 11.8 Å². The molecule has 0 radical (unpaired) electrons. The number of halogens is 5. The van der Waals surface area contributed by atoms with Crippen LogP contribution in [0.1, 0.15) is 21.5 Å². The number of carbonyl (C=O) groups is 2. The first-order valence-electron chi connectivity index (χ1n) is 7.40. The molecule has 0 bridgehead atoms. The Labute approximate surface area is 162 Å². The highest BCUT2D eigenvalue weighted by Gasteiger charge is 2.32. The SMILES string of the molecule is O=C(CNC(=O)c1ccc(Cl)c(Cl)c1)NN=Cc1ccccc1C(F)(F)F. The lowest BCUT2D eigenvalue weighted by atomic mass is 10.1. The Kier molecular flexibility index (Phi) is 6.81. The van der Waals surface area contributed by atoms with Crippen molar-refractivity contribution in [3.8, 4) is 0 Å². The van der Waals surface area contributed by atoms with Crippen LogP contribution >= 0.6 is 23.2 Å². The quantitative estimate of drug-likeness (QED) is 0.572. The molecule has 0 aliphatic heterocycles. The molecule has 10 heteroatoms. The van der Waals surface area contributed by atoms with Crippen LogP contribution < -0.4 is 10.7 Å². The van der Waals surface area contributed by atoms with Crippen LogP contribution in [-0.4, -0.2) is 24.6 Å². The molecule has 0 saturated carbocycles. The van der Waals surface area contributed by atoms with Crippen molar-refractivity contribution in [2.24, 2.45) is 5.10 Å². The van der Waals surface area contributed by atoms with Gasteiger partial charge in [0.2, 0.25) is 0 Å². The Morgan fingerprint density at radius 1 is 1.07 bits per heavy atom. The number of nitrogens with zero attached hydrogens (tertiary/aromatic N) is 1. The zero-order chi connectivity index (χ0) is 20.0. The van der Waals surface area contributed by atoms with Gasteiger partial charge < -0.3 is 5.32 Å². The monoisotopic (exact) mass is 417 g/mol. The summed E-state index contributed by atoms with van der Waals surface area (Å²) in [6.07, 6.45) is -3.66. The van der Waals surface area contributed by atoms with Crippen molar-refractivity contribution in [1.82, 2.24) is 10.7 Å². The number of carbonyl (C=O) groups excluding carboxylic acids is 2. The second kappa shape index (κ2) is 8.88. The zero-order valence-corrected chi connectivity index (χ0v) is 15.0. The minimum Gasteiger partial charge on any atom is -0.343 e. The standard InChI is InChI=1S/C17H12Cl2F3N3O2/c18-13-6-5-10(7-14(13)19)16(27)23-9-15(26)25-24-8-11-3-1-2-4-12(11)17(20,21)22/h1-8H,9H2,(H,23,27)(H,25,26). The van der Waals surface area contributed by atoms with Gasteiger partial charge in [-0.15, -0.1) is 0 Å². The van der Waals surface area contributed by atoms with Gasteiger partial charge in [0.15, 0.2) is 0 Å². The fourth-order valence-corrected chi connectivity index (χ4v) is 2.28. The normalized spacial score (nSPS) is 11.4. The molecule has 2 N–H and O–H groups in total. The van der Waals surface area contributed by atoms with E-state index in [-0.39, 0.29) is 21.2 Å². The van der Waals surface area contributed by atoms with E-state index in [0.29, 0.717) is 0 Å². The van der Waals surface area contributed by atoms with Crippen molar-refractivity contribution < 1.29 is 22.8 Å². The van der Waals surface area contributed by atoms with E-state index in [1.165, 1.54) is 36.4 Å². The molecule has 2 amide bonds. The lowest BCUT2D eigenvalue weighted by molar-refractivity contribution is -0.137. The molecule has 2 rings (SSSR count). The van der Waals surface area contributed by atoms with Gasteiger partial charge in [-0.3, -0.25) is 9.59 Å². The zero-order valence-electron chi connectivity index (χ0n) is 13.5. The number of hydrazone groups is 1. The number of hydrogen-bond acceptors (Lipinski definition) is 3. The van der Waals surface area contributed by atoms with E-state index in [4.69, 9.17) is 23.2 Å². The molecular weight excluding hydrogens is 406 g/mol. The molecule has 2 aromatic rings. The maximum absolute atomic E-state index is 12.8. The Balaban J connectivity index is 1.90. The average molecular weight is 418 g/mol. The molecular formula is C17H12Cl2F3N3O2. The third-order valence-corrected chi connectivity index (χ3v) is 3.99. The third-order valence-electron chi connectivity index (χ3n) is 3.25. The summed E-state index contributed by atoms with van der Waals surface area (Å²) in [5, 5.41) is 6.26. The summed E-state index contributed by atoms with van der Waals surface area (Å²) in [5.41, 5.74) is 1.15. The second-order valence-electron chi connectivity index (χ2n) is 5.19. The van der Waals surface area contributed by atoms with Crippen LogP contribution in [0.25, 0.3) is 0 Å². The number of benzene rings is 2. The lowest BCUT2D eigenvalue weighted by Gasteiger charge is -2.09. The van der Waals surface area contributed by atoms with Gasteiger partial charge in [-0.25, -0.2) is 5.43 Å². The molecule has 0 fully saturated rings. The molecule has 27 heavy (non-hydrogen) atoms. The van der Waals surface area contributed by atoms with E-state index in [0.717, 1.165) is 12.3 Å². The first kappa shape index (κ1) is 20.7. The maximum atomic E-state index is 12.8. The topological polar surface area (TPSA) is 70.6 Å². The van der Waals surface area contributed by atoms with E-state index in [9.17, 15) is 22.8 Å². The van der Waals surface area contributed by atoms with Gasteiger partial charge in [-0.1, -0.05) is 41.4 Å². The van der Waals surface area contributed by atoms with Crippen LogP contribution in [0.3, 0.4) is 0 Å². The highest BCUT2D eigenvalue weighted by atomic mass is 35.5. The summed E-state index contributed by atoms with van der Waals surface area (Å²) < 4.78 is 38.5. The molecule has 0 unspecified atom stereocenters. The van der Waals surface area contributed by atoms with E-state index in [1.807, 2.05) is 5.43 Å². The largest absolute Gasteiger partial charge is 0.417 e. The predicted octanol–water partition coefficient (Wildman–Crippen LogP) is 3.89. The van der Waals surface area contributed by atoms with Gasteiger partial charge >= 0.3 is 6.18 Å². The Morgan fingerprint density at radius 3 is 2.44 bits per heavy atom. The molecule has 0 atom stereocenters. The molecule has 2 aromatic carbocycles. The Hall–Kier alpha value is -2.58. The summed E-state index contributed by atoms with van der Waals surface area (Å²) >= 11 is 11.5. The number of rotatable bonds is 5. The minimum absolute atomic E-state index is 0.182. The van der Waals surface area contributed by atoms with E-state index >= 15 is 0 Å². The third kappa shape index (κ3) is 5.97. The Morgan fingerprint density at radius 2 is 1.78 bits per heavy atom. The van der Waals surface area contributed by atoms with E-state index in [2.05, 4.69) is 10.4 Å². The number of hydrogen-bond donors (Lipinski definition) is 2.